The first-order chi connectivity index (χ1) is 14.5. The zero-order valence-corrected chi connectivity index (χ0v) is 18.1. The van der Waals surface area contributed by atoms with E-state index in [1.807, 2.05) is 29.2 Å². The number of thiophene rings is 1. The number of aromatic nitrogens is 1. The van der Waals surface area contributed by atoms with Gasteiger partial charge < -0.3 is 20.1 Å². The molecule has 8 heteroatoms. The molecule has 30 heavy (non-hydrogen) atoms. The number of amides is 1. The molecule has 1 aromatic carbocycles. The minimum Gasteiger partial charge on any atom is -0.479 e. The van der Waals surface area contributed by atoms with Crippen LogP contribution in [0.3, 0.4) is 0 Å². The maximum atomic E-state index is 13.0. The average Bonchev–Trinajstić information content (AvgIpc) is 3.37. The number of ether oxygens (including phenoxy) is 1. The van der Waals surface area contributed by atoms with Crippen molar-refractivity contribution in [3.8, 4) is 16.9 Å². The van der Waals surface area contributed by atoms with E-state index in [2.05, 4.69) is 10.3 Å². The molecule has 1 unspecified atom stereocenters. The van der Waals surface area contributed by atoms with Crippen LogP contribution in [0.4, 0.5) is 0 Å². The highest BCUT2D eigenvalue weighted by molar-refractivity contribution is 7.19. The number of hydrogen-bond donors (Lipinski definition) is 2. The molecule has 2 N–H and O–H groups in total. The van der Waals surface area contributed by atoms with E-state index in [0.29, 0.717) is 30.3 Å². The average molecular weight is 444 g/mol. The smallest absolute Gasteiger partial charge is 0.264 e. The van der Waals surface area contributed by atoms with Crippen LogP contribution in [0.5, 0.6) is 5.75 Å². The van der Waals surface area contributed by atoms with E-state index in [9.17, 15) is 9.90 Å². The molecule has 0 radical (unpaired) electrons. The fraction of sp³-hybridized carbons (Fsp3) is 0.364. The first kappa shape index (κ1) is 19.8. The highest BCUT2D eigenvalue weighted by Gasteiger charge is 2.35. The summed E-state index contributed by atoms with van der Waals surface area (Å²) in [5.74, 6) is 0.745. The van der Waals surface area contributed by atoms with Crippen molar-refractivity contribution >= 4 is 39.1 Å². The number of piperazine rings is 1. The molecule has 5 rings (SSSR count). The summed E-state index contributed by atoms with van der Waals surface area (Å²) < 4.78 is 7.20. The third-order valence-corrected chi connectivity index (χ3v) is 7.18. The zero-order chi connectivity index (χ0) is 20.8. The van der Waals surface area contributed by atoms with E-state index < -0.39 is 12.2 Å². The van der Waals surface area contributed by atoms with Crippen molar-refractivity contribution in [2.24, 2.45) is 0 Å². The summed E-state index contributed by atoms with van der Waals surface area (Å²) in [7, 11) is 0. The second-order valence-electron chi connectivity index (χ2n) is 7.73. The van der Waals surface area contributed by atoms with Gasteiger partial charge in [-0.15, -0.1) is 11.3 Å². The molecule has 4 heterocycles. The van der Waals surface area contributed by atoms with Crippen LogP contribution in [0.15, 0.2) is 30.5 Å². The number of fused-ring (bicyclic) bond motifs is 2. The number of nitrogens with zero attached hydrogens (tertiary/aromatic N) is 2. The zero-order valence-electron chi connectivity index (χ0n) is 16.5. The molecule has 3 aromatic rings. The summed E-state index contributed by atoms with van der Waals surface area (Å²) in [6, 6.07) is 7.62. The number of hydrogen-bond acceptors (Lipinski definition) is 6. The van der Waals surface area contributed by atoms with Gasteiger partial charge in [0.1, 0.15) is 5.75 Å². The Labute approximate surface area is 183 Å². The number of benzene rings is 1. The Balaban J connectivity index is 1.54. The fourth-order valence-electron chi connectivity index (χ4n) is 4.13. The van der Waals surface area contributed by atoms with Crippen LogP contribution in [-0.4, -0.2) is 53.2 Å². The Morgan fingerprint density at radius 2 is 2.13 bits per heavy atom. The maximum Gasteiger partial charge on any atom is 0.264 e. The number of halogens is 1. The molecule has 0 bridgehead atoms. The number of nitrogens with one attached hydrogen (secondary N) is 1. The molecule has 2 atom stereocenters. The number of carbonyl (C=O) groups excluding carboxylic acids is 1. The van der Waals surface area contributed by atoms with Gasteiger partial charge in [-0.3, -0.25) is 9.78 Å². The van der Waals surface area contributed by atoms with Crippen LogP contribution in [0.25, 0.3) is 21.3 Å². The summed E-state index contributed by atoms with van der Waals surface area (Å²) >= 11 is 7.96. The van der Waals surface area contributed by atoms with Crippen LogP contribution in [0, 0.1) is 0 Å². The topological polar surface area (TPSA) is 74.7 Å². The van der Waals surface area contributed by atoms with Gasteiger partial charge in [-0.25, -0.2) is 0 Å². The van der Waals surface area contributed by atoms with E-state index in [1.165, 1.54) is 11.3 Å². The molecule has 1 fully saturated rings. The standard InChI is InChI=1S/C22H22ClN3O3S/c1-12(27)19-11-17-21(30-19)15(2-3-25-17)16-10-14(23)8-13-9-18(29-20(13)16)22(28)26-6-4-24-5-7-26/h2-3,8,10-12,18,24,27H,4-7,9H2,1H3/t12?,18-/m1/s1. The summed E-state index contributed by atoms with van der Waals surface area (Å²) in [4.78, 5) is 20.2. The van der Waals surface area contributed by atoms with Crippen molar-refractivity contribution in [1.29, 1.82) is 0 Å². The number of aliphatic hydroxyl groups excluding tert-OH is 1. The molecular formula is C22H22ClN3O3S. The molecule has 6 nitrogen and oxygen atoms in total. The molecule has 2 aliphatic rings. The van der Waals surface area contributed by atoms with E-state index in [0.717, 1.165) is 44.9 Å². The lowest BCUT2D eigenvalue weighted by Gasteiger charge is -2.29. The quantitative estimate of drug-likeness (QED) is 0.649. The second kappa shape index (κ2) is 7.81. The van der Waals surface area contributed by atoms with Gasteiger partial charge in [-0.1, -0.05) is 11.6 Å². The number of rotatable bonds is 3. The van der Waals surface area contributed by atoms with Crippen molar-refractivity contribution in [2.75, 3.05) is 26.2 Å². The van der Waals surface area contributed by atoms with Gasteiger partial charge in [0.05, 0.1) is 16.3 Å². The Hall–Kier alpha value is -2.19. The monoisotopic (exact) mass is 443 g/mol. The van der Waals surface area contributed by atoms with Crippen LogP contribution in [0.1, 0.15) is 23.5 Å². The SMILES string of the molecule is CC(O)c1cc2nccc(-c3cc(Cl)cc4c3O[C@@H](C(=O)N3CCNCC3)C4)c2s1. The molecule has 0 aliphatic carbocycles. The number of carbonyl (C=O) groups is 1. The number of aliphatic hydroxyl groups is 1. The molecule has 0 spiro atoms. The number of pyridine rings is 1. The predicted molar refractivity (Wildman–Crippen MR) is 118 cm³/mol. The van der Waals surface area contributed by atoms with Crippen LogP contribution in [0.2, 0.25) is 5.02 Å². The van der Waals surface area contributed by atoms with Gasteiger partial charge in [0, 0.05) is 65.4 Å². The summed E-state index contributed by atoms with van der Waals surface area (Å²) in [5, 5.41) is 13.9. The Kier molecular flexibility index (Phi) is 5.14. The summed E-state index contributed by atoms with van der Waals surface area (Å²) in [6.45, 7) is 4.76. The lowest BCUT2D eigenvalue weighted by molar-refractivity contribution is -0.138. The molecule has 1 saturated heterocycles. The van der Waals surface area contributed by atoms with Crippen molar-refractivity contribution in [2.45, 2.75) is 25.6 Å². The minimum absolute atomic E-state index is 0.0298. The van der Waals surface area contributed by atoms with Crippen LogP contribution < -0.4 is 10.1 Å². The van der Waals surface area contributed by atoms with Crippen molar-refractivity contribution in [3.05, 3.63) is 45.9 Å². The van der Waals surface area contributed by atoms with Crippen molar-refractivity contribution < 1.29 is 14.6 Å². The largest absolute Gasteiger partial charge is 0.479 e. The molecular weight excluding hydrogens is 422 g/mol. The van der Waals surface area contributed by atoms with Gasteiger partial charge in [-0.05, 0) is 31.2 Å². The van der Waals surface area contributed by atoms with E-state index >= 15 is 0 Å². The Bertz CT molecular complexity index is 1120. The van der Waals surface area contributed by atoms with E-state index in [1.54, 1.807) is 13.1 Å². The molecule has 1 amide bonds. The second-order valence-corrected chi connectivity index (χ2v) is 9.25. The van der Waals surface area contributed by atoms with Gasteiger partial charge >= 0.3 is 0 Å². The Morgan fingerprint density at radius 1 is 1.33 bits per heavy atom. The highest BCUT2D eigenvalue weighted by atomic mass is 35.5. The lowest BCUT2D eigenvalue weighted by atomic mass is 10.0. The Morgan fingerprint density at radius 3 is 2.90 bits per heavy atom. The van der Waals surface area contributed by atoms with E-state index in [4.69, 9.17) is 16.3 Å². The molecule has 0 saturated carbocycles. The molecule has 2 aliphatic heterocycles. The molecule has 2 aromatic heterocycles. The van der Waals surface area contributed by atoms with E-state index in [-0.39, 0.29) is 5.91 Å². The lowest BCUT2D eigenvalue weighted by Crippen LogP contribution is -2.50. The fourth-order valence-corrected chi connectivity index (χ4v) is 5.45. The van der Waals surface area contributed by atoms with Gasteiger partial charge in [0.2, 0.25) is 0 Å². The minimum atomic E-state index is -0.556. The van der Waals surface area contributed by atoms with Crippen LogP contribution >= 0.6 is 22.9 Å². The van der Waals surface area contributed by atoms with Gasteiger partial charge in [-0.2, -0.15) is 0 Å². The van der Waals surface area contributed by atoms with Crippen molar-refractivity contribution in [1.82, 2.24) is 15.2 Å². The first-order valence-corrected chi connectivity index (χ1v) is 11.3. The first-order valence-electron chi connectivity index (χ1n) is 10.1. The summed E-state index contributed by atoms with van der Waals surface area (Å²) in [6.07, 6.45) is 1.19. The van der Waals surface area contributed by atoms with Crippen LogP contribution in [-0.2, 0) is 11.2 Å². The van der Waals surface area contributed by atoms with Crippen molar-refractivity contribution in [3.63, 3.8) is 0 Å². The third kappa shape index (κ3) is 3.46. The maximum absolute atomic E-state index is 13.0. The van der Waals surface area contributed by atoms with Gasteiger partial charge in [0.25, 0.3) is 5.91 Å². The third-order valence-electron chi connectivity index (χ3n) is 5.63. The summed E-state index contributed by atoms with van der Waals surface area (Å²) in [5.41, 5.74) is 3.59. The normalized spacial score (nSPS) is 19.6. The van der Waals surface area contributed by atoms with Gasteiger partial charge in [0.15, 0.2) is 6.10 Å². The highest BCUT2D eigenvalue weighted by Crippen LogP contribution is 2.45. The molecule has 156 valence electrons. The predicted octanol–water partition coefficient (Wildman–Crippen LogP) is 3.41.